The Morgan fingerprint density at radius 1 is 1.06 bits per heavy atom. The predicted octanol–water partition coefficient (Wildman–Crippen LogP) is 2.07. The number of nitrogens with zero attached hydrogens (tertiary/aromatic N) is 2. The van der Waals surface area contributed by atoms with E-state index in [-0.39, 0.29) is 0 Å². The van der Waals surface area contributed by atoms with Crippen LogP contribution in [0.2, 0.25) is 0 Å². The first-order valence-electron chi connectivity index (χ1n) is 5.46. The lowest BCUT2D eigenvalue weighted by Crippen LogP contribution is -2.19. The number of fused-ring (bicyclic) bond motifs is 1. The van der Waals surface area contributed by atoms with E-state index in [0.717, 1.165) is 20.6 Å². The molecule has 0 atom stereocenters. The van der Waals surface area contributed by atoms with Crippen LogP contribution in [0.5, 0.6) is 0 Å². The predicted molar refractivity (Wildman–Crippen MR) is 74.1 cm³/mol. The van der Waals surface area contributed by atoms with Gasteiger partial charge < -0.3 is 0 Å². The molecule has 2 aromatic carbocycles. The van der Waals surface area contributed by atoms with Crippen LogP contribution in [0, 0.1) is 0 Å². The number of hydrogen-bond donors (Lipinski definition) is 0. The summed E-state index contributed by atoms with van der Waals surface area (Å²) in [4.78, 5) is 0. The first kappa shape index (κ1) is 12.7. The van der Waals surface area contributed by atoms with Crippen molar-refractivity contribution in [3.8, 4) is 0 Å². The van der Waals surface area contributed by atoms with Gasteiger partial charge in [-0.3, -0.25) is 0 Å². The average molecular weight is 262 g/mol. The van der Waals surface area contributed by atoms with Crippen LogP contribution in [-0.4, -0.2) is 33.0 Å². The summed E-state index contributed by atoms with van der Waals surface area (Å²) in [5.41, 5.74) is 0.763. The van der Waals surface area contributed by atoms with Gasteiger partial charge in [0.2, 0.25) is 0 Å². The second-order valence-electron chi connectivity index (χ2n) is 4.10. The van der Waals surface area contributed by atoms with Gasteiger partial charge in [-0.2, -0.15) is 17.1 Å². The van der Waals surface area contributed by atoms with E-state index in [1.807, 2.05) is 42.5 Å². The molecule has 18 heavy (non-hydrogen) atoms. The van der Waals surface area contributed by atoms with Crippen molar-refractivity contribution in [1.29, 1.82) is 0 Å². The Morgan fingerprint density at radius 3 is 2.39 bits per heavy atom. The van der Waals surface area contributed by atoms with Gasteiger partial charge >= 0.3 is 10.2 Å². The lowest BCUT2D eigenvalue weighted by atomic mass is 10.1. The lowest BCUT2D eigenvalue weighted by molar-refractivity contribution is 0.523. The van der Waals surface area contributed by atoms with Gasteiger partial charge in [0, 0.05) is 20.3 Å². The zero-order valence-electron chi connectivity index (χ0n) is 10.2. The maximum atomic E-state index is 11.5. The van der Waals surface area contributed by atoms with E-state index in [1.54, 1.807) is 0 Å². The standard InChI is InChI=1S/C13H14N2O2S/c1-15(2)18(16,17)14-10-11-7-8-12-5-3-4-6-13(12)9-11/h3-10H,1-2H3/b14-10+. The molecule has 0 fully saturated rings. The van der Waals surface area contributed by atoms with E-state index >= 15 is 0 Å². The Kier molecular flexibility index (Phi) is 3.45. The smallest absolute Gasteiger partial charge is 0.189 e. The van der Waals surface area contributed by atoms with Crippen molar-refractivity contribution in [2.45, 2.75) is 0 Å². The number of benzene rings is 2. The Morgan fingerprint density at radius 2 is 1.72 bits per heavy atom. The van der Waals surface area contributed by atoms with Gasteiger partial charge in [-0.25, -0.2) is 0 Å². The monoisotopic (exact) mass is 262 g/mol. The van der Waals surface area contributed by atoms with Crippen molar-refractivity contribution in [3.63, 3.8) is 0 Å². The van der Waals surface area contributed by atoms with Crippen molar-refractivity contribution in [2.75, 3.05) is 14.1 Å². The number of rotatable bonds is 3. The molecule has 0 aliphatic carbocycles. The van der Waals surface area contributed by atoms with Gasteiger partial charge in [-0.1, -0.05) is 36.4 Å². The van der Waals surface area contributed by atoms with Crippen LogP contribution < -0.4 is 0 Å². The van der Waals surface area contributed by atoms with Gasteiger partial charge in [-0.15, -0.1) is 0 Å². The first-order valence-corrected chi connectivity index (χ1v) is 6.85. The summed E-state index contributed by atoms with van der Waals surface area (Å²) in [6, 6.07) is 13.6. The Bertz CT molecular complexity index is 691. The van der Waals surface area contributed by atoms with E-state index < -0.39 is 10.2 Å². The van der Waals surface area contributed by atoms with Crippen LogP contribution in [0.15, 0.2) is 46.9 Å². The van der Waals surface area contributed by atoms with Crippen molar-refractivity contribution < 1.29 is 8.42 Å². The van der Waals surface area contributed by atoms with Gasteiger partial charge in [0.1, 0.15) is 0 Å². The summed E-state index contributed by atoms with van der Waals surface area (Å²) >= 11 is 0. The molecule has 94 valence electrons. The fourth-order valence-corrected chi connectivity index (χ4v) is 1.95. The quantitative estimate of drug-likeness (QED) is 0.795. The molecule has 0 bridgehead atoms. The fraction of sp³-hybridized carbons (Fsp3) is 0.154. The molecule has 0 heterocycles. The highest BCUT2D eigenvalue weighted by atomic mass is 32.2. The van der Waals surface area contributed by atoms with Crippen LogP contribution in [0.25, 0.3) is 10.8 Å². The zero-order chi connectivity index (χ0) is 13.2. The summed E-state index contributed by atoms with van der Waals surface area (Å²) in [5.74, 6) is 0. The molecule has 5 heteroatoms. The average Bonchev–Trinajstić information content (AvgIpc) is 2.36. The second kappa shape index (κ2) is 4.88. The normalized spacial score (nSPS) is 12.6. The largest absolute Gasteiger partial charge is 0.321 e. The lowest BCUT2D eigenvalue weighted by Gasteiger charge is -2.05. The van der Waals surface area contributed by atoms with Crippen LogP contribution >= 0.6 is 0 Å². The molecule has 0 aliphatic heterocycles. The topological polar surface area (TPSA) is 49.7 Å². The molecule has 2 aromatic rings. The SMILES string of the molecule is CN(C)S(=O)(=O)/N=C/c1ccc2ccccc2c1. The van der Waals surface area contributed by atoms with E-state index in [9.17, 15) is 8.42 Å². The Balaban J connectivity index is 2.36. The van der Waals surface area contributed by atoms with E-state index in [2.05, 4.69) is 4.40 Å². The molecular weight excluding hydrogens is 248 g/mol. The van der Waals surface area contributed by atoms with Crippen LogP contribution in [0.1, 0.15) is 5.56 Å². The molecule has 0 unspecified atom stereocenters. The van der Waals surface area contributed by atoms with Crippen molar-refractivity contribution in [1.82, 2.24) is 4.31 Å². The highest BCUT2D eigenvalue weighted by molar-refractivity contribution is 7.87. The molecule has 2 rings (SSSR count). The minimum atomic E-state index is -3.55. The first-order chi connectivity index (χ1) is 8.49. The van der Waals surface area contributed by atoms with Gasteiger partial charge in [0.05, 0.1) is 0 Å². The molecule has 4 nitrogen and oxygen atoms in total. The molecule has 0 amide bonds. The molecule has 0 spiro atoms. The number of hydrogen-bond acceptors (Lipinski definition) is 2. The van der Waals surface area contributed by atoms with Crippen LogP contribution in [-0.2, 0) is 10.2 Å². The Hall–Kier alpha value is -1.72. The minimum Gasteiger partial charge on any atom is -0.189 e. The summed E-state index contributed by atoms with van der Waals surface area (Å²) < 4.78 is 27.7. The third kappa shape index (κ3) is 2.75. The summed E-state index contributed by atoms with van der Waals surface area (Å²) in [6.45, 7) is 0. The maximum absolute atomic E-state index is 11.5. The van der Waals surface area contributed by atoms with Gasteiger partial charge in [0.15, 0.2) is 0 Å². The zero-order valence-corrected chi connectivity index (χ0v) is 11.1. The van der Waals surface area contributed by atoms with Crippen molar-refractivity contribution >= 4 is 27.2 Å². The minimum absolute atomic E-state index is 0.763. The van der Waals surface area contributed by atoms with Crippen molar-refractivity contribution in [3.05, 3.63) is 48.0 Å². The fourth-order valence-electron chi connectivity index (χ4n) is 1.51. The van der Waals surface area contributed by atoms with Gasteiger partial charge in [0.25, 0.3) is 0 Å². The highest BCUT2D eigenvalue weighted by Crippen LogP contribution is 2.14. The van der Waals surface area contributed by atoms with Crippen LogP contribution in [0.4, 0.5) is 0 Å². The second-order valence-corrected chi connectivity index (χ2v) is 5.94. The summed E-state index contributed by atoms with van der Waals surface area (Å²) in [6.07, 6.45) is 1.36. The molecule has 0 aromatic heterocycles. The third-order valence-corrected chi connectivity index (χ3v) is 3.86. The van der Waals surface area contributed by atoms with Crippen LogP contribution in [0.3, 0.4) is 0 Å². The molecule has 0 radical (unpaired) electrons. The molecule has 0 saturated heterocycles. The van der Waals surface area contributed by atoms with Gasteiger partial charge in [-0.05, 0) is 22.4 Å². The van der Waals surface area contributed by atoms with Crippen molar-refractivity contribution in [2.24, 2.45) is 4.40 Å². The third-order valence-electron chi connectivity index (χ3n) is 2.57. The van der Waals surface area contributed by atoms with E-state index in [4.69, 9.17) is 0 Å². The maximum Gasteiger partial charge on any atom is 0.321 e. The van der Waals surface area contributed by atoms with E-state index in [1.165, 1.54) is 20.3 Å². The highest BCUT2D eigenvalue weighted by Gasteiger charge is 2.09. The summed E-state index contributed by atoms with van der Waals surface area (Å²) in [5, 5.41) is 2.17. The van der Waals surface area contributed by atoms with E-state index in [0.29, 0.717) is 0 Å². The molecule has 0 aliphatic rings. The Labute approximate surface area is 107 Å². The molecule has 0 saturated carbocycles. The molecule has 0 N–H and O–H groups in total. The molecular formula is C13H14N2O2S. The summed E-state index contributed by atoms with van der Waals surface area (Å²) in [7, 11) is -0.644.